The summed E-state index contributed by atoms with van der Waals surface area (Å²) >= 11 is 0. The molecule has 4 rings (SSSR count). The first-order valence-corrected chi connectivity index (χ1v) is 11.8. The molecule has 10 atom stereocenters. The van der Waals surface area contributed by atoms with Crippen molar-refractivity contribution in [3.63, 3.8) is 0 Å². The summed E-state index contributed by atoms with van der Waals surface area (Å²) in [5, 5.41) is 30.8. The number of aliphatic hydroxyl groups is 2. The van der Waals surface area contributed by atoms with Crippen molar-refractivity contribution in [3.05, 3.63) is 0 Å². The van der Waals surface area contributed by atoms with Gasteiger partial charge in [-0.3, -0.25) is 4.79 Å². The van der Waals surface area contributed by atoms with Crippen molar-refractivity contribution in [1.29, 1.82) is 0 Å². The van der Waals surface area contributed by atoms with Crippen LogP contribution in [0.15, 0.2) is 0 Å². The maximum absolute atomic E-state index is 11.5. The molecule has 0 radical (unpaired) electrons. The SMILES string of the molecule is C[C@@H](CCC(=O)O)[C@H]1CCC2[C@@H]3CC[C@@H]4C[C@H](O)CC[C@]4(C)[C@H]3C[C@H](O)[C@@]21C. The Labute approximate surface area is 170 Å². The van der Waals surface area contributed by atoms with Crippen LogP contribution in [0.5, 0.6) is 0 Å². The largest absolute Gasteiger partial charge is 0.481 e. The van der Waals surface area contributed by atoms with Crippen molar-refractivity contribution >= 4 is 5.97 Å². The number of hydrogen-bond acceptors (Lipinski definition) is 3. The summed E-state index contributed by atoms with van der Waals surface area (Å²) in [7, 11) is 0. The standard InChI is InChI=1S/C24H40O4/c1-14(4-9-22(27)28)18-7-8-19-17-6-5-15-12-16(25)10-11-23(15,2)20(17)13-21(26)24(18,19)3/h14-21,25-26H,4-13H2,1-3H3,(H,27,28)/t14-,15+,16+,17-,18+,19?,20-,21-,23-,24+/m0/s1. The van der Waals surface area contributed by atoms with Crippen LogP contribution in [0.4, 0.5) is 0 Å². The minimum absolute atomic E-state index is 0.0591. The number of carboxylic acids is 1. The van der Waals surface area contributed by atoms with Gasteiger partial charge in [0, 0.05) is 6.42 Å². The summed E-state index contributed by atoms with van der Waals surface area (Å²) in [6, 6.07) is 0. The molecule has 0 aromatic heterocycles. The number of hydrogen-bond donors (Lipinski definition) is 3. The van der Waals surface area contributed by atoms with Gasteiger partial charge in [-0.2, -0.15) is 0 Å². The molecule has 0 saturated heterocycles. The normalized spacial score (nSPS) is 51.7. The Morgan fingerprint density at radius 2 is 1.79 bits per heavy atom. The van der Waals surface area contributed by atoms with Gasteiger partial charge in [0.05, 0.1) is 12.2 Å². The maximum atomic E-state index is 11.5. The van der Waals surface area contributed by atoms with Gasteiger partial charge in [-0.25, -0.2) is 0 Å². The molecule has 0 aliphatic heterocycles. The molecule has 0 bridgehead atoms. The van der Waals surface area contributed by atoms with Crippen LogP contribution in [-0.2, 0) is 4.79 Å². The molecule has 4 aliphatic rings. The minimum Gasteiger partial charge on any atom is -0.481 e. The van der Waals surface area contributed by atoms with E-state index < -0.39 is 5.97 Å². The van der Waals surface area contributed by atoms with E-state index in [1.165, 1.54) is 19.3 Å². The molecule has 160 valence electrons. The second-order valence-electron chi connectivity index (χ2n) is 11.3. The lowest BCUT2D eigenvalue weighted by Crippen LogP contribution is -2.58. The van der Waals surface area contributed by atoms with Crippen LogP contribution in [0.2, 0.25) is 0 Å². The molecule has 3 N–H and O–H groups in total. The van der Waals surface area contributed by atoms with Crippen LogP contribution in [0.1, 0.15) is 85.0 Å². The lowest BCUT2D eigenvalue weighted by molar-refractivity contribution is -0.175. The highest BCUT2D eigenvalue weighted by atomic mass is 16.4. The summed E-state index contributed by atoms with van der Waals surface area (Å²) < 4.78 is 0. The number of aliphatic hydroxyl groups excluding tert-OH is 2. The van der Waals surface area contributed by atoms with Gasteiger partial charge >= 0.3 is 5.97 Å². The van der Waals surface area contributed by atoms with E-state index in [-0.39, 0.29) is 29.5 Å². The third kappa shape index (κ3) is 3.05. The highest BCUT2D eigenvalue weighted by Gasteiger charge is 2.63. The average Bonchev–Trinajstić information content (AvgIpc) is 3.00. The molecule has 4 fully saturated rings. The Balaban J connectivity index is 1.56. The second-order valence-corrected chi connectivity index (χ2v) is 11.3. The van der Waals surface area contributed by atoms with E-state index in [2.05, 4.69) is 20.8 Å². The molecule has 4 aliphatic carbocycles. The number of rotatable bonds is 4. The Bertz CT molecular complexity index is 605. The third-order valence-corrected chi connectivity index (χ3v) is 10.3. The van der Waals surface area contributed by atoms with Gasteiger partial charge in [0.15, 0.2) is 0 Å². The fraction of sp³-hybridized carbons (Fsp3) is 0.958. The second kappa shape index (κ2) is 7.27. The lowest BCUT2D eigenvalue weighted by Gasteiger charge is -2.62. The van der Waals surface area contributed by atoms with Crippen LogP contribution < -0.4 is 0 Å². The van der Waals surface area contributed by atoms with E-state index in [9.17, 15) is 15.0 Å². The average molecular weight is 393 g/mol. The van der Waals surface area contributed by atoms with Crippen molar-refractivity contribution < 1.29 is 20.1 Å². The third-order valence-electron chi connectivity index (χ3n) is 10.3. The van der Waals surface area contributed by atoms with Crippen molar-refractivity contribution in [2.45, 2.75) is 97.2 Å². The number of fused-ring (bicyclic) bond motifs is 5. The van der Waals surface area contributed by atoms with Crippen LogP contribution in [0, 0.1) is 46.3 Å². The van der Waals surface area contributed by atoms with Crippen molar-refractivity contribution in [2.75, 3.05) is 0 Å². The summed E-state index contributed by atoms with van der Waals surface area (Å²) in [5.74, 6) is 2.55. The molecule has 4 saturated carbocycles. The van der Waals surface area contributed by atoms with E-state index in [0.717, 1.165) is 38.5 Å². The predicted octanol–water partition coefficient (Wildman–Crippen LogP) is 4.48. The monoisotopic (exact) mass is 392 g/mol. The van der Waals surface area contributed by atoms with Gasteiger partial charge in [-0.15, -0.1) is 0 Å². The Morgan fingerprint density at radius 3 is 2.50 bits per heavy atom. The smallest absolute Gasteiger partial charge is 0.303 e. The first-order valence-electron chi connectivity index (χ1n) is 11.8. The summed E-state index contributed by atoms with van der Waals surface area (Å²) in [6.45, 7) is 6.99. The molecule has 0 heterocycles. The van der Waals surface area contributed by atoms with E-state index in [1.54, 1.807) is 0 Å². The molecule has 4 heteroatoms. The van der Waals surface area contributed by atoms with Crippen LogP contribution in [0.25, 0.3) is 0 Å². The van der Waals surface area contributed by atoms with E-state index in [1.807, 2.05) is 0 Å². The molecule has 1 unspecified atom stereocenters. The highest BCUT2D eigenvalue weighted by Crippen LogP contribution is 2.68. The first-order chi connectivity index (χ1) is 13.2. The summed E-state index contributed by atoms with van der Waals surface area (Å²) in [5.41, 5.74) is 0.216. The van der Waals surface area contributed by atoms with E-state index >= 15 is 0 Å². The van der Waals surface area contributed by atoms with E-state index in [4.69, 9.17) is 5.11 Å². The van der Waals surface area contributed by atoms with Gasteiger partial charge in [0.25, 0.3) is 0 Å². The lowest BCUT2D eigenvalue weighted by atomic mass is 9.43. The Kier molecular flexibility index (Phi) is 5.36. The zero-order chi connectivity index (χ0) is 20.3. The molecular weight excluding hydrogens is 352 g/mol. The highest BCUT2D eigenvalue weighted by molar-refractivity contribution is 5.66. The molecule has 0 aromatic rings. The summed E-state index contributed by atoms with van der Waals surface area (Å²) in [6.07, 6.45) is 9.26. The number of carbonyl (C=O) groups is 1. The quantitative estimate of drug-likeness (QED) is 0.659. The molecule has 0 aromatic carbocycles. The van der Waals surface area contributed by atoms with Gasteiger partial charge in [-0.05, 0) is 104 Å². The van der Waals surface area contributed by atoms with Crippen molar-refractivity contribution in [3.8, 4) is 0 Å². The van der Waals surface area contributed by atoms with Crippen molar-refractivity contribution in [1.82, 2.24) is 0 Å². The van der Waals surface area contributed by atoms with Crippen LogP contribution in [0.3, 0.4) is 0 Å². The Hall–Kier alpha value is -0.610. The minimum atomic E-state index is -0.707. The van der Waals surface area contributed by atoms with Crippen LogP contribution in [-0.4, -0.2) is 33.5 Å². The molecular formula is C24H40O4. The topological polar surface area (TPSA) is 77.8 Å². The fourth-order valence-corrected chi connectivity index (χ4v) is 8.71. The molecule has 0 spiro atoms. The molecule has 28 heavy (non-hydrogen) atoms. The van der Waals surface area contributed by atoms with Gasteiger partial charge < -0.3 is 15.3 Å². The van der Waals surface area contributed by atoms with Crippen molar-refractivity contribution in [2.24, 2.45) is 46.3 Å². The van der Waals surface area contributed by atoms with Crippen LogP contribution >= 0.6 is 0 Å². The van der Waals surface area contributed by atoms with Gasteiger partial charge in [0.2, 0.25) is 0 Å². The zero-order valence-corrected chi connectivity index (χ0v) is 17.9. The number of carboxylic acid groups (broad SMARTS) is 1. The fourth-order valence-electron chi connectivity index (χ4n) is 8.71. The summed E-state index contributed by atoms with van der Waals surface area (Å²) in [4.78, 5) is 11.1. The number of aliphatic carboxylic acids is 1. The predicted molar refractivity (Wildman–Crippen MR) is 109 cm³/mol. The van der Waals surface area contributed by atoms with Gasteiger partial charge in [0.1, 0.15) is 0 Å². The zero-order valence-electron chi connectivity index (χ0n) is 17.9. The first kappa shape index (κ1) is 20.7. The van der Waals surface area contributed by atoms with E-state index in [0.29, 0.717) is 35.5 Å². The maximum Gasteiger partial charge on any atom is 0.303 e. The van der Waals surface area contributed by atoms with Gasteiger partial charge in [-0.1, -0.05) is 20.8 Å². The molecule has 0 amide bonds. The molecule has 4 nitrogen and oxygen atoms in total. The Morgan fingerprint density at radius 1 is 1.04 bits per heavy atom.